The zero-order valence-electron chi connectivity index (χ0n) is 11.3. The van der Waals surface area contributed by atoms with Crippen LogP contribution in [-0.2, 0) is 4.74 Å². The molecule has 0 radical (unpaired) electrons. The van der Waals surface area contributed by atoms with Gasteiger partial charge in [-0.15, -0.1) is 11.3 Å². The normalized spacial score (nSPS) is 11.7. The summed E-state index contributed by atoms with van der Waals surface area (Å²) in [5.41, 5.74) is 6.18. The van der Waals surface area contributed by atoms with E-state index in [-0.39, 0.29) is 5.91 Å². The van der Waals surface area contributed by atoms with Gasteiger partial charge in [0.15, 0.2) is 0 Å². The average molecular weight is 278 g/mol. The number of methoxy groups -OCH3 is 1. The van der Waals surface area contributed by atoms with Gasteiger partial charge in [0.05, 0.1) is 17.8 Å². The van der Waals surface area contributed by atoms with Gasteiger partial charge in [0.2, 0.25) is 0 Å². The molecule has 1 aromatic carbocycles. The van der Waals surface area contributed by atoms with E-state index in [4.69, 9.17) is 10.5 Å². The Hall–Kier alpha value is -1.59. The van der Waals surface area contributed by atoms with Crippen molar-refractivity contribution in [2.75, 3.05) is 19.5 Å². The zero-order chi connectivity index (χ0) is 14.0. The van der Waals surface area contributed by atoms with Crippen molar-refractivity contribution in [2.45, 2.75) is 19.4 Å². The van der Waals surface area contributed by atoms with E-state index in [9.17, 15) is 4.79 Å². The molecule has 2 rings (SSSR count). The van der Waals surface area contributed by atoms with Gasteiger partial charge in [-0.2, -0.15) is 0 Å². The van der Waals surface area contributed by atoms with Crippen molar-refractivity contribution in [3.05, 3.63) is 29.1 Å². The summed E-state index contributed by atoms with van der Waals surface area (Å²) in [6, 6.07) is 7.75. The summed E-state index contributed by atoms with van der Waals surface area (Å²) >= 11 is 1.41. The highest BCUT2D eigenvalue weighted by Gasteiger charge is 2.24. The number of rotatable bonds is 4. The highest BCUT2D eigenvalue weighted by Crippen LogP contribution is 2.33. The van der Waals surface area contributed by atoms with Crippen LogP contribution in [-0.4, -0.2) is 25.2 Å². The van der Waals surface area contributed by atoms with E-state index in [0.717, 1.165) is 10.1 Å². The molecule has 0 saturated heterocycles. The Morgan fingerprint density at radius 1 is 1.42 bits per heavy atom. The molecule has 4 nitrogen and oxygen atoms in total. The van der Waals surface area contributed by atoms with Crippen molar-refractivity contribution in [2.24, 2.45) is 0 Å². The number of nitrogen functional groups attached to an aromatic ring is 1. The molecule has 5 heteroatoms. The van der Waals surface area contributed by atoms with Gasteiger partial charge >= 0.3 is 0 Å². The molecule has 1 amide bonds. The van der Waals surface area contributed by atoms with Crippen LogP contribution < -0.4 is 11.1 Å². The van der Waals surface area contributed by atoms with Crippen LogP contribution in [0.5, 0.6) is 0 Å². The van der Waals surface area contributed by atoms with Crippen LogP contribution in [0, 0.1) is 0 Å². The van der Waals surface area contributed by atoms with E-state index in [1.54, 1.807) is 7.11 Å². The fourth-order valence-corrected chi connectivity index (χ4v) is 3.01. The number of carbonyl (C=O) groups excluding carboxylic acids is 1. The lowest BCUT2D eigenvalue weighted by molar-refractivity contribution is 0.0824. The first kappa shape index (κ1) is 13.8. The molecule has 1 heterocycles. The lowest BCUT2D eigenvalue weighted by Crippen LogP contribution is -2.46. The Balaban J connectivity index is 2.29. The molecule has 0 bridgehead atoms. The second kappa shape index (κ2) is 5.19. The van der Waals surface area contributed by atoms with Crippen LogP contribution in [0.25, 0.3) is 10.1 Å². The Kier molecular flexibility index (Phi) is 3.78. The van der Waals surface area contributed by atoms with Crippen molar-refractivity contribution in [3.63, 3.8) is 0 Å². The summed E-state index contributed by atoms with van der Waals surface area (Å²) < 4.78 is 6.11. The van der Waals surface area contributed by atoms with Gasteiger partial charge in [-0.05, 0) is 19.9 Å². The second-order valence-electron chi connectivity index (χ2n) is 5.11. The van der Waals surface area contributed by atoms with Crippen molar-refractivity contribution in [3.8, 4) is 0 Å². The standard InChI is InChI=1S/C14H18N2O2S/c1-14(2,8-18-3)16-13(17)12-11(15)9-6-4-5-7-10(9)19-12/h4-7H,8,15H2,1-3H3,(H,16,17). The third-order valence-corrected chi connectivity index (χ3v) is 3.98. The molecular formula is C14H18N2O2S. The Morgan fingerprint density at radius 3 is 2.74 bits per heavy atom. The molecule has 0 spiro atoms. The summed E-state index contributed by atoms with van der Waals surface area (Å²) in [6.45, 7) is 4.28. The number of thiophene rings is 1. The largest absolute Gasteiger partial charge is 0.397 e. The van der Waals surface area contributed by atoms with Gasteiger partial charge in [-0.3, -0.25) is 4.79 Å². The fraction of sp³-hybridized carbons (Fsp3) is 0.357. The lowest BCUT2D eigenvalue weighted by Gasteiger charge is -2.24. The number of fused-ring (bicyclic) bond motifs is 1. The minimum Gasteiger partial charge on any atom is -0.397 e. The van der Waals surface area contributed by atoms with Crippen molar-refractivity contribution < 1.29 is 9.53 Å². The Morgan fingerprint density at radius 2 is 2.11 bits per heavy atom. The van der Waals surface area contributed by atoms with Crippen molar-refractivity contribution in [1.82, 2.24) is 5.32 Å². The molecule has 3 N–H and O–H groups in total. The Bertz CT molecular complexity index is 605. The van der Waals surface area contributed by atoms with Gasteiger partial charge in [-0.1, -0.05) is 18.2 Å². The zero-order valence-corrected chi connectivity index (χ0v) is 12.1. The first-order chi connectivity index (χ1) is 8.94. The predicted molar refractivity (Wildman–Crippen MR) is 79.7 cm³/mol. The number of hydrogen-bond acceptors (Lipinski definition) is 4. The maximum atomic E-state index is 12.3. The molecule has 2 aromatic rings. The Labute approximate surface area is 116 Å². The SMILES string of the molecule is COCC(C)(C)NC(=O)c1sc2ccccc2c1N. The quantitative estimate of drug-likeness (QED) is 0.903. The van der Waals surface area contributed by atoms with E-state index in [2.05, 4.69) is 5.32 Å². The van der Waals surface area contributed by atoms with E-state index in [0.29, 0.717) is 17.2 Å². The van der Waals surface area contributed by atoms with Crippen molar-refractivity contribution >= 4 is 33.0 Å². The summed E-state index contributed by atoms with van der Waals surface area (Å²) in [7, 11) is 1.61. The summed E-state index contributed by atoms with van der Waals surface area (Å²) in [4.78, 5) is 12.8. The summed E-state index contributed by atoms with van der Waals surface area (Å²) in [6.07, 6.45) is 0. The molecule has 0 aliphatic rings. The number of anilines is 1. The number of carbonyl (C=O) groups is 1. The molecule has 102 valence electrons. The molecule has 0 aliphatic carbocycles. The molecule has 19 heavy (non-hydrogen) atoms. The molecule has 1 aromatic heterocycles. The van der Waals surface area contributed by atoms with Crippen LogP contribution in [0.15, 0.2) is 24.3 Å². The molecule has 0 saturated carbocycles. The number of nitrogens with one attached hydrogen (secondary N) is 1. The maximum absolute atomic E-state index is 12.3. The van der Waals surface area contributed by atoms with Gasteiger partial charge < -0.3 is 15.8 Å². The minimum atomic E-state index is -0.422. The first-order valence-electron chi connectivity index (χ1n) is 6.03. The molecule has 0 atom stereocenters. The summed E-state index contributed by atoms with van der Waals surface area (Å²) in [5, 5.41) is 3.87. The number of benzene rings is 1. The number of amides is 1. The predicted octanol–water partition coefficient (Wildman–Crippen LogP) is 2.64. The highest BCUT2D eigenvalue weighted by atomic mass is 32.1. The fourth-order valence-electron chi connectivity index (χ4n) is 2.00. The van der Waals surface area contributed by atoms with Gasteiger partial charge in [0, 0.05) is 17.2 Å². The van der Waals surface area contributed by atoms with E-state index >= 15 is 0 Å². The molecule has 0 unspecified atom stereocenters. The maximum Gasteiger partial charge on any atom is 0.264 e. The van der Waals surface area contributed by atoms with Gasteiger partial charge in [0.25, 0.3) is 5.91 Å². The second-order valence-corrected chi connectivity index (χ2v) is 6.16. The lowest BCUT2D eigenvalue weighted by atomic mass is 10.1. The topological polar surface area (TPSA) is 64.3 Å². The monoisotopic (exact) mass is 278 g/mol. The van der Waals surface area contributed by atoms with Crippen LogP contribution in [0.4, 0.5) is 5.69 Å². The van der Waals surface area contributed by atoms with Crippen LogP contribution >= 0.6 is 11.3 Å². The van der Waals surface area contributed by atoms with Gasteiger partial charge in [-0.25, -0.2) is 0 Å². The number of ether oxygens (including phenoxy) is 1. The minimum absolute atomic E-state index is 0.152. The third-order valence-electron chi connectivity index (χ3n) is 2.80. The third kappa shape index (κ3) is 2.88. The first-order valence-corrected chi connectivity index (χ1v) is 6.85. The van der Waals surface area contributed by atoms with E-state index < -0.39 is 5.54 Å². The highest BCUT2D eigenvalue weighted by molar-refractivity contribution is 7.21. The van der Waals surface area contributed by atoms with Crippen LogP contribution in [0.3, 0.4) is 0 Å². The van der Waals surface area contributed by atoms with Crippen LogP contribution in [0.2, 0.25) is 0 Å². The number of nitrogens with two attached hydrogens (primary N) is 1. The summed E-state index contributed by atoms with van der Waals surface area (Å²) in [5.74, 6) is -0.152. The van der Waals surface area contributed by atoms with E-state index in [1.807, 2.05) is 38.1 Å². The molecular weight excluding hydrogens is 260 g/mol. The van der Waals surface area contributed by atoms with Crippen LogP contribution in [0.1, 0.15) is 23.5 Å². The number of hydrogen-bond donors (Lipinski definition) is 2. The van der Waals surface area contributed by atoms with Crippen molar-refractivity contribution in [1.29, 1.82) is 0 Å². The van der Waals surface area contributed by atoms with E-state index in [1.165, 1.54) is 11.3 Å². The smallest absolute Gasteiger partial charge is 0.264 e. The molecule has 0 aliphatic heterocycles. The molecule has 0 fully saturated rings. The van der Waals surface area contributed by atoms with Gasteiger partial charge in [0.1, 0.15) is 4.88 Å². The average Bonchev–Trinajstić information content (AvgIpc) is 2.67.